The van der Waals surface area contributed by atoms with Crippen molar-refractivity contribution in [3.8, 4) is 11.1 Å². The molecule has 0 spiro atoms. The van der Waals surface area contributed by atoms with Crippen molar-refractivity contribution in [1.82, 2.24) is 0 Å². The second-order valence-electron chi connectivity index (χ2n) is 4.95. The van der Waals surface area contributed by atoms with Crippen LogP contribution in [0.4, 0.5) is 8.78 Å². The summed E-state index contributed by atoms with van der Waals surface area (Å²) in [6.45, 7) is 0. The van der Waals surface area contributed by atoms with Gasteiger partial charge in [-0.05, 0) is 53.6 Å². The number of aliphatic hydroxyl groups is 1. The molecular formula is C16H14F2O. The summed E-state index contributed by atoms with van der Waals surface area (Å²) in [5, 5.41) is 9.89. The monoisotopic (exact) mass is 260 g/mol. The Hall–Kier alpha value is -1.74. The van der Waals surface area contributed by atoms with E-state index < -0.39 is 17.7 Å². The maximum absolute atomic E-state index is 13.3. The van der Waals surface area contributed by atoms with Gasteiger partial charge in [-0.15, -0.1) is 0 Å². The Kier molecular flexibility index (Phi) is 3.07. The Morgan fingerprint density at radius 3 is 2.47 bits per heavy atom. The first-order chi connectivity index (χ1) is 9.15. The summed E-state index contributed by atoms with van der Waals surface area (Å²) in [6, 6.07) is 9.61. The van der Waals surface area contributed by atoms with Crippen LogP contribution in [-0.2, 0) is 6.42 Å². The van der Waals surface area contributed by atoms with Gasteiger partial charge in [-0.3, -0.25) is 0 Å². The largest absolute Gasteiger partial charge is 0.388 e. The smallest absolute Gasteiger partial charge is 0.159 e. The lowest BCUT2D eigenvalue weighted by atomic mass is 9.87. The van der Waals surface area contributed by atoms with Crippen LogP contribution in [0.3, 0.4) is 0 Å². The molecule has 0 aliphatic heterocycles. The van der Waals surface area contributed by atoms with Gasteiger partial charge in [0.25, 0.3) is 0 Å². The average Bonchev–Trinajstić information content (AvgIpc) is 2.42. The van der Waals surface area contributed by atoms with E-state index in [1.807, 2.05) is 18.2 Å². The van der Waals surface area contributed by atoms with Crippen molar-refractivity contribution in [2.24, 2.45) is 0 Å². The van der Waals surface area contributed by atoms with Crippen molar-refractivity contribution in [1.29, 1.82) is 0 Å². The van der Waals surface area contributed by atoms with Crippen LogP contribution in [0.15, 0.2) is 36.4 Å². The van der Waals surface area contributed by atoms with E-state index in [0.717, 1.165) is 42.0 Å². The number of hydrogen-bond donors (Lipinski definition) is 1. The van der Waals surface area contributed by atoms with Gasteiger partial charge < -0.3 is 5.11 Å². The van der Waals surface area contributed by atoms with Crippen LogP contribution >= 0.6 is 0 Å². The molecule has 0 saturated carbocycles. The number of aliphatic hydroxyl groups excluding tert-OH is 1. The second kappa shape index (κ2) is 4.74. The highest BCUT2D eigenvalue weighted by Crippen LogP contribution is 2.33. The summed E-state index contributed by atoms with van der Waals surface area (Å²) in [6.07, 6.45) is 2.26. The number of hydrogen-bond acceptors (Lipinski definition) is 1. The average molecular weight is 260 g/mol. The van der Waals surface area contributed by atoms with Crippen molar-refractivity contribution in [3.63, 3.8) is 0 Å². The van der Waals surface area contributed by atoms with Crippen LogP contribution in [0.5, 0.6) is 0 Å². The minimum Gasteiger partial charge on any atom is -0.388 e. The Bertz CT molecular complexity index is 622. The second-order valence-corrected chi connectivity index (χ2v) is 4.95. The molecule has 0 radical (unpaired) electrons. The quantitative estimate of drug-likeness (QED) is 0.821. The topological polar surface area (TPSA) is 20.2 Å². The van der Waals surface area contributed by atoms with E-state index in [4.69, 9.17) is 0 Å². The zero-order valence-electron chi connectivity index (χ0n) is 10.4. The predicted molar refractivity (Wildman–Crippen MR) is 69.7 cm³/mol. The molecule has 19 heavy (non-hydrogen) atoms. The predicted octanol–water partition coefficient (Wildman–Crippen LogP) is 4.00. The molecule has 2 aromatic carbocycles. The lowest BCUT2D eigenvalue weighted by molar-refractivity contribution is 0.156. The number of aryl methyl sites for hydroxylation is 1. The molecule has 0 bridgehead atoms. The molecule has 0 heterocycles. The molecule has 3 heteroatoms. The molecule has 0 aromatic heterocycles. The third kappa shape index (κ3) is 2.26. The summed E-state index contributed by atoms with van der Waals surface area (Å²) in [5.74, 6) is -1.67. The minimum absolute atomic E-state index is 0.400. The van der Waals surface area contributed by atoms with Gasteiger partial charge in [-0.1, -0.05) is 24.3 Å². The van der Waals surface area contributed by atoms with Crippen LogP contribution in [0.1, 0.15) is 30.1 Å². The first-order valence-electron chi connectivity index (χ1n) is 6.41. The fraction of sp³-hybridized carbons (Fsp3) is 0.250. The maximum atomic E-state index is 13.3. The molecule has 98 valence electrons. The highest BCUT2D eigenvalue weighted by molar-refractivity contribution is 5.65. The van der Waals surface area contributed by atoms with Crippen molar-refractivity contribution >= 4 is 0 Å². The summed E-state index contributed by atoms with van der Waals surface area (Å²) in [7, 11) is 0. The Labute approximate surface area is 110 Å². The Balaban J connectivity index is 2.04. The maximum Gasteiger partial charge on any atom is 0.159 e. The van der Waals surface area contributed by atoms with Gasteiger partial charge in [0.15, 0.2) is 11.6 Å². The molecule has 1 nitrogen and oxygen atoms in total. The summed E-state index contributed by atoms with van der Waals surface area (Å²) < 4.78 is 26.2. The van der Waals surface area contributed by atoms with Crippen LogP contribution in [0.2, 0.25) is 0 Å². The zero-order chi connectivity index (χ0) is 13.4. The lowest BCUT2D eigenvalue weighted by Crippen LogP contribution is -2.08. The fourth-order valence-corrected chi connectivity index (χ4v) is 2.64. The van der Waals surface area contributed by atoms with E-state index in [2.05, 4.69) is 0 Å². The molecule has 1 aliphatic rings. The minimum atomic E-state index is -0.838. The summed E-state index contributed by atoms with van der Waals surface area (Å²) in [4.78, 5) is 0. The number of rotatable bonds is 1. The molecule has 0 unspecified atom stereocenters. The molecule has 0 fully saturated rings. The van der Waals surface area contributed by atoms with E-state index >= 15 is 0 Å². The summed E-state index contributed by atoms with van der Waals surface area (Å²) in [5.41, 5.74) is 3.56. The van der Waals surface area contributed by atoms with Crippen molar-refractivity contribution < 1.29 is 13.9 Å². The van der Waals surface area contributed by atoms with E-state index in [0.29, 0.717) is 5.56 Å². The fourth-order valence-electron chi connectivity index (χ4n) is 2.64. The van der Waals surface area contributed by atoms with Crippen LogP contribution in [0.25, 0.3) is 11.1 Å². The van der Waals surface area contributed by atoms with Gasteiger partial charge in [-0.25, -0.2) is 8.78 Å². The van der Waals surface area contributed by atoms with Crippen LogP contribution in [0, 0.1) is 11.6 Å². The first-order valence-corrected chi connectivity index (χ1v) is 6.41. The van der Waals surface area contributed by atoms with Gasteiger partial charge in [0, 0.05) is 0 Å². The Morgan fingerprint density at radius 2 is 1.68 bits per heavy atom. The SMILES string of the molecule is O[C@@H]1CCCc2cc(-c3ccc(F)c(F)c3)ccc21. The third-order valence-electron chi connectivity index (χ3n) is 3.68. The van der Waals surface area contributed by atoms with E-state index in [-0.39, 0.29) is 0 Å². The van der Waals surface area contributed by atoms with Crippen molar-refractivity contribution in [3.05, 3.63) is 59.2 Å². The van der Waals surface area contributed by atoms with E-state index in [1.165, 1.54) is 6.07 Å². The highest BCUT2D eigenvalue weighted by atomic mass is 19.2. The third-order valence-corrected chi connectivity index (χ3v) is 3.68. The van der Waals surface area contributed by atoms with Crippen LogP contribution < -0.4 is 0 Å². The van der Waals surface area contributed by atoms with Gasteiger partial charge >= 0.3 is 0 Å². The molecular weight excluding hydrogens is 246 g/mol. The van der Waals surface area contributed by atoms with Crippen LogP contribution in [-0.4, -0.2) is 5.11 Å². The zero-order valence-corrected chi connectivity index (χ0v) is 10.4. The molecule has 0 saturated heterocycles. The van der Waals surface area contributed by atoms with E-state index in [9.17, 15) is 13.9 Å². The normalized spacial score (nSPS) is 18.2. The molecule has 1 atom stereocenters. The lowest BCUT2D eigenvalue weighted by Gasteiger charge is -2.22. The standard InChI is InChI=1S/C16H14F2O/c17-14-7-5-11(9-15(14)18)10-4-6-13-12(8-10)2-1-3-16(13)19/h4-9,16,19H,1-3H2/t16-/m1/s1. The molecule has 3 rings (SSSR count). The highest BCUT2D eigenvalue weighted by Gasteiger charge is 2.18. The van der Waals surface area contributed by atoms with Gasteiger partial charge in [-0.2, -0.15) is 0 Å². The number of benzene rings is 2. The molecule has 2 aromatic rings. The Morgan fingerprint density at radius 1 is 0.947 bits per heavy atom. The van der Waals surface area contributed by atoms with E-state index in [1.54, 1.807) is 6.07 Å². The van der Waals surface area contributed by atoms with Crippen molar-refractivity contribution in [2.75, 3.05) is 0 Å². The molecule has 0 amide bonds. The number of halogens is 2. The van der Waals surface area contributed by atoms with Gasteiger partial charge in [0.1, 0.15) is 0 Å². The summed E-state index contributed by atoms with van der Waals surface area (Å²) >= 11 is 0. The van der Waals surface area contributed by atoms with Gasteiger partial charge in [0.05, 0.1) is 6.10 Å². The first kappa shape index (κ1) is 12.3. The molecule has 1 N–H and O–H groups in total. The van der Waals surface area contributed by atoms with Gasteiger partial charge in [0.2, 0.25) is 0 Å². The number of fused-ring (bicyclic) bond motifs is 1. The molecule has 1 aliphatic carbocycles. The van der Waals surface area contributed by atoms with Crippen molar-refractivity contribution in [2.45, 2.75) is 25.4 Å².